The molecule has 2 aromatic carbocycles. The molecule has 0 radical (unpaired) electrons. The zero-order chi connectivity index (χ0) is 19.4. The number of benzene rings is 2. The molecule has 0 saturated heterocycles. The van der Waals surface area contributed by atoms with E-state index in [0.29, 0.717) is 10.6 Å². The number of fused-ring (bicyclic) bond motifs is 1. The zero-order valence-corrected chi connectivity index (χ0v) is 15.5. The number of hydrogen-bond acceptors (Lipinski definition) is 3. The van der Waals surface area contributed by atoms with E-state index in [1.54, 1.807) is 24.3 Å². The van der Waals surface area contributed by atoms with E-state index in [2.05, 4.69) is 10.6 Å². The number of aromatic nitrogens is 1. The SMILES string of the molecule is Cn1cc(C(O)CNC(=O)C(=O)NCc2ccccc2Cl)c2ccccc21. The summed E-state index contributed by atoms with van der Waals surface area (Å²) in [7, 11) is 1.89. The van der Waals surface area contributed by atoms with Gasteiger partial charge in [-0.1, -0.05) is 48.0 Å². The molecule has 1 heterocycles. The molecule has 0 aliphatic rings. The van der Waals surface area contributed by atoms with Gasteiger partial charge in [-0.15, -0.1) is 0 Å². The Morgan fingerprint density at radius 1 is 1.07 bits per heavy atom. The van der Waals surface area contributed by atoms with Crippen LogP contribution in [0, 0.1) is 0 Å². The molecule has 0 bridgehead atoms. The summed E-state index contributed by atoms with van der Waals surface area (Å²) in [6.07, 6.45) is 0.898. The van der Waals surface area contributed by atoms with Gasteiger partial charge in [-0.2, -0.15) is 0 Å². The van der Waals surface area contributed by atoms with Gasteiger partial charge in [-0.3, -0.25) is 9.59 Å². The van der Waals surface area contributed by atoms with Crippen molar-refractivity contribution in [2.45, 2.75) is 12.6 Å². The molecule has 1 aromatic heterocycles. The van der Waals surface area contributed by atoms with Gasteiger partial charge in [0.25, 0.3) is 0 Å². The molecule has 7 heteroatoms. The van der Waals surface area contributed by atoms with Gasteiger partial charge in [0.2, 0.25) is 0 Å². The van der Waals surface area contributed by atoms with Crippen molar-refractivity contribution in [2.24, 2.45) is 7.05 Å². The van der Waals surface area contributed by atoms with Gasteiger partial charge < -0.3 is 20.3 Å². The number of halogens is 1. The second kappa shape index (κ2) is 8.24. The third kappa shape index (κ3) is 4.30. The van der Waals surface area contributed by atoms with Crippen molar-refractivity contribution in [1.82, 2.24) is 15.2 Å². The van der Waals surface area contributed by atoms with E-state index in [0.717, 1.165) is 16.5 Å². The van der Waals surface area contributed by atoms with Crippen molar-refractivity contribution in [2.75, 3.05) is 6.54 Å². The molecule has 0 aliphatic carbocycles. The van der Waals surface area contributed by atoms with Crippen molar-refractivity contribution in [1.29, 1.82) is 0 Å². The summed E-state index contributed by atoms with van der Waals surface area (Å²) in [6, 6.07) is 14.7. The average Bonchev–Trinajstić information content (AvgIpc) is 3.02. The fourth-order valence-electron chi connectivity index (χ4n) is 2.92. The monoisotopic (exact) mass is 385 g/mol. The summed E-state index contributed by atoms with van der Waals surface area (Å²) < 4.78 is 1.91. The number of carbonyl (C=O) groups excluding carboxylic acids is 2. The highest BCUT2D eigenvalue weighted by Crippen LogP contribution is 2.25. The highest BCUT2D eigenvalue weighted by Gasteiger charge is 2.18. The van der Waals surface area contributed by atoms with Crippen molar-refractivity contribution in [3.05, 3.63) is 70.9 Å². The molecule has 0 saturated carbocycles. The van der Waals surface area contributed by atoms with Gasteiger partial charge in [0.15, 0.2) is 0 Å². The lowest BCUT2D eigenvalue weighted by Crippen LogP contribution is -2.41. The van der Waals surface area contributed by atoms with Crippen LogP contribution in [-0.2, 0) is 23.2 Å². The molecule has 3 aromatic rings. The first-order valence-corrected chi connectivity index (χ1v) is 8.86. The molecular formula is C20H20ClN3O3. The molecule has 1 unspecified atom stereocenters. The van der Waals surface area contributed by atoms with Crippen molar-refractivity contribution in [3.63, 3.8) is 0 Å². The van der Waals surface area contributed by atoms with Crippen LogP contribution in [0.2, 0.25) is 5.02 Å². The third-order valence-electron chi connectivity index (χ3n) is 4.35. The number of aliphatic hydroxyl groups is 1. The molecule has 1 atom stereocenters. The Balaban J connectivity index is 1.56. The fourth-order valence-corrected chi connectivity index (χ4v) is 3.12. The van der Waals surface area contributed by atoms with Gasteiger partial charge in [-0.25, -0.2) is 0 Å². The Labute approximate surface area is 161 Å². The highest BCUT2D eigenvalue weighted by molar-refractivity contribution is 6.35. The lowest BCUT2D eigenvalue weighted by atomic mass is 10.1. The van der Waals surface area contributed by atoms with Crippen LogP contribution in [0.5, 0.6) is 0 Å². The second-order valence-electron chi connectivity index (χ2n) is 6.21. The molecule has 0 spiro atoms. The predicted molar refractivity (Wildman–Crippen MR) is 104 cm³/mol. The summed E-state index contributed by atoms with van der Waals surface area (Å²) in [4.78, 5) is 23.9. The van der Waals surface area contributed by atoms with E-state index in [1.165, 1.54) is 0 Å². The Morgan fingerprint density at radius 3 is 2.52 bits per heavy atom. The Kier molecular flexibility index (Phi) is 5.78. The minimum atomic E-state index is -0.920. The van der Waals surface area contributed by atoms with E-state index in [9.17, 15) is 14.7 Å². The first kappa shape index (κ1) is 18.9. The Morgan fingerprint density at radius 2 is 1.74 bits per heavy atom. The number of amides is 2. The molecule has 0 aliphatic heterocycles. The largest absolute Gasteiger partial charge is 0.386 e. The number of nitrogens with one attached hydrogen (secondary N) is 2. The zero-order valence-electron chi connectivity index (χ0n) is 14.8. The number of aryl methyl sites for hydroxylation is 1. The smallest absolute Gasteiger partial charge is 0.309 e. The molecule has 2 amide bonds. The van der Waals surface area contributed by atoms with Crippen LogP contribution in [0.25, 0.3) is 10.9 Å². The highest BCUT2D eigenvalue weighted by atomic mass is 35.5. The molecule has 6 nitrogen and oxygen atoms in total. The minimum Gasteiger partial charge on any atom is -0.386 e. The maximum atomic E-state index is 12.0. The Bertz CT molecular complexity index is 984. The topological polar surface area (TPSA) is 83.4 Å². The standard InChI is InChI=1S/C20H20ClN3O3/c1-24-12-15(14-7-3-5-9-17(14)24)18(25)11-23-20(27)19(26)22-10-13-6-2-4-8-16(13)21/h2-9,12,18,25H,10-11H2,1H3,(H,22,26)(H,23,27). The molecule has 3 rings (SSSR count). The van der Waals surface area contributed by atoms with Gasteiger partial charge in [0, 0.05) is 47.8 Å². The molecule has 3 N–H and O–H groups in total. The van der Waals surface area contributed by atoms with Crippen molar-refractivity contribution >= 4 is 34.3 Å². The Hall–Kier alpha value is -2.83. The van der Waals surface area contributed by atoms with Crippen molar-refractivity contribution in [3.8, 4) is 0 Å². The summed E-state index contributed by atoms with van der Waals surface area (Å²) in [6.45, 7) is 0.0875. The number of para-hydroxylation sites is 1. The van der Waals surface area contributed by atoms with Crippen molar-refractivity contribution < 1.29 is 14.7 Å². The van der Waals surface area contributed by atoms with Crippen LogP contribution < -0.4 is 10.6 Å². The summed E-state index contributed by atoms with van der Waals surface area (Å²) in [5.74, 6) is -1.58. The van der Waals surface area contributed by atoms with Gasteiger partial charge in [0.05, 0.1) is 6.10 Å². The maximum Gasteiger partial charge on any atom is 0.309 e. The van der Waals surface area contributed by atoms with Crippen LogP contribution in [-0.4, -0.2) is 28.0 Å². The van der Waals surface area contributed by atoms with E-state index >= 15 is 0 Å². The van der Waals surface area contributed by atoms with Crippen LogP contribution in [0.3, 0.4) is 0 Å². The lowest BCUT2D eigenvalue weighted by Gasteiger charge is -2.12. The molecular weight excluding hydrogens is 366 g/mol. The van der Waals surface area contributed by atoms with Crippen LogP contribution in [0.4, 0.5) is 0 Å². The van der Waals surface area contributed by atoms with E-state index < -0.39 is 17.9 Å². The second-order valence-corrected chi connectivity index (χ2v) is 6.62. The quantitative estimate of drug-likeness (QED) is 0.589. The lowest BCUT2D eigenvalue weighted by molar-refractivity contribution is -0.139. The van der Waals surface area contributed by atoms with Crippen LogP contribution in [0.1, 0.15) is 17.2 Å². The average molecular weight is 386 g/mol. The number of carbonyl (C=O) groups is 2. The summed E-state index contributed by atoms with van der Waals surface area (Å²) in [5.41, 5.74) is 2.40. The predicted octanol–water partition coefficient (Wildman–Crippen LogP) is 2.30. The number of aliphatic hydroxyl groups excluding tert-OH is 1. The van der Waals surface area contributed by atoms with Gasteiger partial charge >= 0.3 is 11.8 Å². The fraction of sp³-hybridized carbons (Fsp3) is 0.200. The van der Waals surface area contributed by atoms with Crippen LogP contribution in [0.15, 0.2) is 54.7 Å². The minimum absolute atomic E-state index is 0.0631. The van der Waals surface area contributed by atoms with Crippen LogP contribution >= 0.6 is 11.6 Å². The van der Waals surface area contributed by atoms with E-state index in [4.69, 9.17) is 11.6 Å². The molecule has 140 valence electrons. The first-order chi connectivity index (χ1) is 13.0. The molecule has 0 fully saturated rings. The first-order valence-electron chi connectivity index (χ1n) is 8.49. The number of rotatable bonds is 5. The number of hydrogen-bond donors (Lipinski definition) is 3. The maximum absolute atomic E-state index is 12.0. The third-order valence-corrected chi connectivity index (χ3v) is 4.71. The van der Waals surface area contributed by atoms with E-state index in [-0.39, 0.29) is 13.1 Å². The van der Waals surface area contributed by atoms with E-state index in [1.807, 2.05) is 42.1 Å². The number of nitrogens with zero attached hydrogens (tertiary/aromatic N) is 1. The summed E-state index contributed by atoms with van der Waals surface area (Å²) >= 11 is 6.02. The normalized spacial score (nSPS) is 12.0. The molecule has 27 heavy (non-hydrogen) atoms. The summed E-state index contributed by atoms with van der Waals surface area (Å²) in [5, 5.41) is 16.8. The van der Waals surface area contributed by atoms with Gasteiger partial charge in [-0.05, 0) is 17.7 Å². The van der Waals surface area contributed by atoms with Gasteiger partial charge in [0.1, 0.15) is 0 Å².